The van der Waals surface area contributed by atoms with Gasteiger partial charge >= 0.3 is 0 Å². The maximum Gasteiger partial charge on any atom is 0.293 e. The van der Waals surface area contributed by atoms with Gasteiger partial charge in [-0.15, -0.1) is 5.10 Å². The van der Waals surface area contributed by atoms with E-state index >= 15 is 0 Å². The lowest BCUT2D eigenvalue weighted by Crippen LogP contribution is -2.14. The Bertz CT molecular complexity index is 604. The van der Waals surface area contributed by atoms with Crippen molar-refractivity contribution in [3.8, 4) is 0 Å². The predicted octanol–water partition coefficient (Wildman–Crippen LogP) is 1.13. The van der Waals surface area contributed by atoms with Gasteiger partial charge in [0.2, 0.25) is 11.8 Å². The molecule has 0 aliphatic heterocycles. The number of nitrogen functional groups attached to an aromatic ring is 1. The quantitative estimate of drug-likeness (QED) is 0.736. The maximum absolute atomic E-state index is 11.8. The molecule has 2 aromatic rings. The molecule has 6 heteroatoms. The normalized spacial score (nSPS) is 13.3. The van der Waals surface area contributed by atoms with Gasteiger partial charge in [-0.2, -0.15) is 4.98 Å². The van der Waals surface area contributed by atoms with Crippen LogP contribution in [0, 0.1) is 0 Å². The van der Waals surface area contributed by atoms with Crippen LogP contribution in [0.3, 0.4) is 0 Å². The third-order valence-electron chi connectivity index (χ3n) is 3.07. The van der Waals surface area contributed by atoms with E-state index in [2.05, 4.69) is 26.6 Å². The second-order valence-electron chi connectivity index (χ2n) is 4.33. The lowest BCUT2D eigenvalue weighted by molar-refractivity contribution is 0.101. The van der Waals surface area contributed by atoms with Crippen molar-refractivity contribution >= 4 is 17.5 Å². The molecule has 1 aliphatic rings. The lowest BCUT2D eigenvalue weighted by Gasteiger charge is -2.05. The number of aromatic amines is 1. The van der Waals surface area contributed by atoms with Gasteiger partial charge in [-0.05, 0) is 42.5 Å². The molecule has 0 spiro atoms. The number of carbonyl (C=O) groups is 1. The van der Waals surface area contributed by atoms with Crippen LogP contribution in [0.5, 0.6) is 0 Å². The zero-order valence-corrected chi connectivity index (χ0v) is 9.73. The molecule has 4 N–H and O–H groups in total. The largest absolute Gasteiger partial charge is 0.366 e. The number of fused-ring (bicyclic) bond motifs is 1. The van der Waals surface area contributed by atoms with Gasteiger partial charge in [-0.25, -0.2) is 0 Å². The number of amides is 1. The van der Waals surface area contributed by atoms with Gasteiger partial charge in [0.1, 0.15) is 0 Å². The number of H-pyrrole nitrogens is 1. The van der Waals surface area contributed by atoms with Crippen molar-refractivity contribution in [1.29, 1.82) is 0 Å². The monoisotopic (exact) mass is 243 g/mol. The second-order valence-corrected chi connectivity index (χ2v) is 4.33. The van der Waals surface area contributed by atoms with Gasteiger partial charge in [0.15, 0.2) is 0 Å². The van der Waals surface area contributed by atoms with E-state index in [9.17, 15) is 4.79 Å². The molecule has 1 aliphatic carbocycles. The molecule has 3 rings (SSSR count). The van der Waals surface area contributed by atoms with Crippen LogP contribution >= 0.6 is 0 Å². The number of aryl methyl sites for hydroxylation is 2. The Morgan fingerprint density at radius 2 is 2.17 bits per heavy atom. The summed E-state index contributed by atoms with van der Waals surface area (Å²) in [4.78, 5) is 15.6. The molecule has 1 amide bonds. The fourth-order valence-electron chi connectivity index (χ4n) is 2.22. The molecule has 0 bridgehead atoms. The van der Waals surface area contributed by atoms with Crippen molar-refractivity contribution in [3.63, 3.8) is 0 Å². The molecule has 0 fully saturated rings. The Hall–Kier alpha value is -2.37. The summed E-state index contributed by atoms with van der Waals surface area (Å²) in [6.07, 6.45) is 3.39. The standard InChI is InChI=1S/C12H13N5O/c13-12-15-10(16-17-12)11(18)14-9-5-4-7-2-1-3-8(7)6-9/h4-6H,1-3H2,(H,14,18)(H3,13,15,16,17). The molecular formula is C12H13N5O. The Morgan fingerprint density at radius 3 is 2.94 bits per heavy atom. The van der Waals surface area contributed by atoms with Gasteiger partial charge in [0, 0.05) is 5.69 Å². The summed E-state index contributed by atoms with van der Waals surface area (Å²) in [5.41, 5.74) is 8.81. The first kappa shape index (κ1) is 10.8. The number of aromatic nitrogens is 3. The van der Waals surface area contributed by atoms with E-state index in [-0.39, 0.29) is 17.7 Å². The number of rotatable bonds is 2. The van der Waals surface area contributed by atoms with Crippen molar-refractivity contribution in [1.82, 2.24) is 15.2 Å². The van der Waals surface area contributed by atoms with Crippen molar-refractivity contribution in [2.24, 2.45) is 0 Å². The average molecular weight is 243 g/mol. The molecule has 0 saturated heterocycles. The smallest absolute Gasteiger partial charge is 0.293 e. The summed E-state index contributed by atoms with van der Waals surface area (Å²) in [5.74, 6) is -0.153. The molecule has 0 radical (unpaired) electrons. The van der Waals surface area contributed by atoms with Gasteiger partial charge in [-0.1, -0.05) is 6.07 Å². The highest BCUT2D eigenvalue weighted by atomic mass is 16.2. The minimum absolute atomic E-state index is 0.0640. The summed E-state index contributed by atoms with van der Waals surface area (Å²) in [5, 5.41) is 8.87. The topological polar surface area (TPSA) is 96.7 Å². The summed E-state index contributed by atoms with van der Waals surface area (Å²) in [7, 11) is 0. The molecule has 1 heterocycles. The van der Waals surface area contributed by atoms with Gasteiger partial charge in [-0.3, -0.25) is 9.89 Å². The molecule has 1 aromatic heterocycles. The van der Waals surface area contributed by atoms with Crippen LogP contribution in [-0.2, 0) is 12.8 Å². The third kappa shape index (κ3) is 1.92. The number of benzene rings is 1. The molecule has 6 nitrogen and oxygen atoms in total. The first-order chi connectivity index (χ1) is 8.72. The summed E-state index contributed by atoms with van der Waals surface area (Å²) >= 11 is 0. The molecule has 0 atom stereocenters. The number of nitrogens with one attached hydrogen (secondary N) is 2. The zero-order valence-electron chi connectivity index (χ0n) is 9.73. The van der Waals surface area contributed by atoms with Gasteiger partial charge in [0.25, 0.3) is 5.91 Å². The van der Waals surface area contributed by atoms with Crippen LogP contribution in [0.15, 0.2) is 18.2 Å². The summed E-state index contributed by atoms with van der Waals surface area (Å²) < 4.78 is 0. The molecule has 0 saturated carbocycles. The lowest BCUT2D eigenvalue weighted by atomic mass is 10.1. The number of carbonyl (C=O) groups excluding carboxylic acids is 1. The van der Waals surface area contributed by atoms with Crippen LogP contribution in [0.1, 0.15) is 28.2 Å². The SMILES string of the molecule is Nc1n[nH]c(C(=O)Nc2ccc3c(c2)CCC3)n1. The van der Waals surface area contributed by atoms with E-state index < -0.39 is 0 Å². The summed E-state index contributed by atoms with van der Waals surface area (Å²) in [6.45, 7) is 0. The first-order valence-electron chi connectivity index (χ1n) is 5.83. The fourth-order valence-corrected chi connectivity index (χ4v) is 2.22. The Balaban J connectivity index is 1.78. The Morgan fingerprint density at radius 1 is 1.33 bits per heavy atom. The molecule has 1 aromatic carbocycles. The highest BCUT2D eigenvalue weighted by Crippen LogP contribution is 2.24. The molecule has 92 valence electrons. The van der Waals surface area contributed by atoms with E-state index in [1.165, 1.54) is 17.5 Å². The van der Waals surface area contributed by atoms with Crippen LogP contribution in [0.25, 0.3) is 0 Å². The second kappa shape index (κ2) is 4.14. The van der Waals surface area contributed by atoms with Crippen LogP contribution in [0.2, 0.25) is 0 Å². The third-order valence-corrected chi connectivity index (χ3v) is 3.07. The Kier molecular flexibility index (Phi) is 2.47. The van der Waals surface area contributed by atoms with E-state index in [1.54, 1.807) is 0 Å². The van der Waals surface area contributed by atoms with Crippen LogP contribution in [-0.4, -0.2) is 21.1 Å². The first-order valence-corrected chi connectivity index (χ1v) is 5.83. The number of nitrogens with zero attached hydrogens (tertiary/aromatic N) is 2. The zero-order chi connectivity index (χ0) is 12.5. The molecule has 18 heavy (non-hydrogen) atoms. The number of hydrogen-bond acceptors (Lipinski definition) is 4. The van der Waals surface area contributed by atoms with Gasteiger partial charge in [0.05, 0.1) is 0 Å². The van der Waals surface area contributed by atoms with Crippen LogP contribution in [0.4, 0.5) is 11.6 Å². The van der Waals surface area contributed by atoms with Crippen molar-refractivity contribution in [3.05, 3.63) is 35.2 Å². The van der Waals surface area contributed by atoms with Crippen molar-refractivity contribution < 1.29 is 4.79 Å². The van der Waals surface area contributed by atoms with Crippen LogP contribution < -0.4 is 11.1 Å². The van der Waals surface area contributed by atoms with Crippen molar-refractivity contribution in [2.45, 2.75) is 19.3 Å². The number of anilines is 2. The van der Waals surface area contributed by atoms with E-state index in [4.69, 9.17) is 5.73 Å². The fraction of sp³-hybridized carbons (Fsp3) is 0.250. The van der Waals surface area contributed by atoms with Gasteiger partial charge < -0.3 is 11.1 Å². The molecule has 0 unspecified atom stereocenters. The minimum atomic E-state index is -0.336. The Labute approximate surface area is 104 Å². The maximum atomic E-state index is 11.8. The van der Waals surface area contributed by atoms with Crippen molar-refractivity contribution in [2.75, 3.05) is 11.1 Å². The average Bonchev–Trinajstić information content (AvgIpc) is 2.96. The number of nitrogens with two attached hydrogens (primary N) is 1. The van der Waals surface area contributed by atoms with E-state index in [0.29, 0.717) is 0 Å². The highest BCUT2D eigenvalue weighted by Gasteiger charge is 2.14. The number of hydrogen-bond donors (Lipinski definition) is 3. The van der Waals surface area contributed by atoms with E-state index in [0.717, 1.165) is 18.5 Å². The highest BCUT2D eigenvalue weighted by molar-refractivity contribution is 6.01. The predicted molar refractivity (Wildman–Crippen MR) is 67.2 cm³/mol. The van der Waals surface area contributed by atoms with E-state index in [1.807, 2.05) is 12.1 Å². The molecular weight excluding hydrogens is 230 g/mol. The minimum Gasteiger partial charge on any atom is -0.366 e. The summed E-state index contributed by atoms with van der Waals surface area (Å²) in [6, 6.07) is 5.98.